The summed E-state index contributed by atoms with van der Waals surface area (Å²) in [5.41, 5.74) is 4.25. The van der Waals surface area contributed by atoms with Gasteiger partial charge in [0.2, 0.25) is 0 Å². The Hall–Kier alpha value is -3.27. The summed E-state index contributed by atoms with van der Waals surface area (Å²) >= 11 is 0. The maximum absolute atomic E-state index is 12.6. The average Bonchev–Trinajstić information content (AvgIpc) is 3.01. The third kappa shape index (κ3) is 3.33. The standard InChI is InChI=1S/C24H24N2O2/c1-4-26-22-11-6-5-10-20(22)21-15-18(12-13-23(21)26)25-24(27)17(3)28-19-9-7-8-16(2)14-19/h5-15,17H,4H2,1-3H3,(H,25,27)/t17-/m1/s1. The fraction of sp³-hybridized carbons (Fsp3) is 0.208. The van der Waals surface area contributed by atoms with Crippen molar-refractivity contribution in [3.8, 4) is 5.75 Å². The quantitative estimate of drug-likeness (QED) is 0.501. The van der Waals surface area contributed by atoms with Gasteiger partial charge in [-0.15, -0.1) is 0 Å². The zero-order chi connectivity index (χ0) is 19.7. The Morgan fingerprint density at radius 2 is 1.79 bits per heavy atom. The minimum atomic E-state index is -0.588. The molecule has 1 N–H and O–H groups in total. The lowest BCUT2D eigenvalue weighted by Gasteiger charge is -2.15. The van der Waals surface area contributed by atoms with Crippen LogP contribution in [0.3, 0.4) is 0 Å². The molecule has 0 saturated carbocycles. The molecule has 0 bridgehead atoms. The first kappa shape index (κ1) is 18.1. The van der Waals surface area contributed by atoms with E-state index in [1.807, 2.05) is 49.4 Å². The molecule has 142 valence electrons. The van der Waals surface area contributed by atoms with Crippen LogP contribution in [0.25, 0.3) is 21.8 Å². The minimum Gasteiger partial charge on any atom is -0.481 e. The van der Waals surface area contributed by atoms with E-state index in [0.29, 0.717) is 5.75 Å². The molecule has 0 fully saturated rings. The first-order valence-corrected chi connectivity index (χ1v) is 9.62. The number of anilines is 1. The number of amides is 1. The van der Waals surface area contributed by atoms with E-state index in [1.54, 1.807) is 6.92 Å². The van der Waals surface area contributed by atoms with Crippen molar-refractivity contribution in [1.82, 2.24) is 4.57 Å². The van der Waals surface area contributed by atoms with Crippen LogP contribution in [0.2, 0.25) is 0 Å². The summed E-state index contributed by atoms with van der Waals surface area (Å²) in [4.78, 5) is 12.6. The summed E-state index contributed by atoms with van der Waals surface area (Å²) in [6, 6.07) is 22.1. The third-order valence-electron chi connectivity index (χ3n) is 5.03. The van der Waals surface area contributed by atoms with Crippen molar-refractivity contribution in [1.29, 1.82) is 0 Å². The lowest BCUT2D eigenvalue weighted by atomic mass is 10.1. The highest BCUT2D eigenvalue weighted by atomic mass is 16.5. The Kier molecular flexibility index (Phi) is 4.78. The second kappa shape index (κ2) is 7.39. The van der Waals surface area contributed by atoms with Gasteiger partial charge in [-0.2, -0.15) is 0 Å². The Morgan fingerprint density at radius 3 is 2.57 bits per heavy atom. The van der Waals surface area contributed by atoms with Crippen molar-refractivity contribution >= 4 is 33.4 Å². The van der Waals surface area contributed by atoms with E-state index in [9.17, 15) is 4.79 Å². The largest absolute Gasteiger partial charge is 0.481 e. The van der Waals surface area contributed by atoms with E-state index in [0.717, 1.165) is 23.2 Å². The molecule has 0 aliphatic carbocycles. The third-order valence-corrected chi connectivity index (χ3v) is 5.03. The predicted molar refractivity (Wildman–Crippen MR) is 115 cm³/mol. The van der Waals surface area contributed by atoms with Crippen LogP contribution < -0.4 is 10.1 Å². The van der Waals surface area contributed by atoms with E-state index in [2.05, 4.69) is 41.1 Å². The topological polar surface area (TPSA) is 43.3 Å². The number of aromatic nitrogens is 1. The molecule has 1 amide bonds. The number of nitrogens with one attached hydrogen (secondary N) is 1. The van der Waals surface area contributed by atoms with Crippen LogP contribution in [0.1, 0.15) is 19.4 Å². The molecule has 0 aliphatic rings. The number of hydrogen-bond acceptors (Lipinski definition) is 2. The molecule has 4 aromatic rings. The van der Waals surface area contributed by atoms with Gasteiger partial charge in [0, 0.05) is 34.0 Å². The molecule has 0 aliphatic heterocycles. The van der Waals surface area contributed by atoms with Crippen LogP contribution >= 0.6 is 0 Å². The minimum absolute atomic E-state index is 0.167. The van der Waals surface area contributed by atoms with E-state index < -0.39 is 6.10 Å². The molecule has 1 atom stereocenters. The van der Waals surface area contributed by atoms with Crippen molar-refractivity contribution in [2.24, 2.45) is 0 Å². The van der Waals surface area contributed by atoms with Crippen LogP contribution in [0.15, 0.2) is 66.7 Å². The van der Waals surface area contributed by atoms with Crippen LogP contribution in [-0.2, 0) is 11.3 Å². The van der Waals surface area contributed by atoms with E-state index in [4.69, 9.17) is 4.74 Å². The maximum atomic E-state index is 12.6. The van der Waals surface area contributed by atoms with Gasteiger partial charge in [-0.05, 0) is 62.7 Å². The van der Waals surface area contributed by atoms with Crippen molar-refractivity contribution in [3.63, 3.8) is 0 Å². The molecule has 4 rings (SSSR count). The maximum Gasteiger partial charge on any atom is 0.265 e. The SMILES string of the molecule is CCn1c2ccccc2c2cc(NC(=O)[C@@H](C)Oc3cccc(C)c3)ccc21. The van der Waals surface area contributed by atoms with Crippen LogP contribution in [0.4, 0.5) is 5.69 Å². The highest BCUT2D eigenvalue weighted by Crippen LogP contribution is 2.31. The lowest BCUT2D eigenvalue weighted by molar-refractivity contribution is -0.122. The average molecular weight is 372 g/mol. The monoisotopic (exact) mass is 372 g/mol. The number of fused-ring (bicyclic) bond motifs is 3. The molecule has 1 aromatic heterocycles. The molecular formula is C24H24N2O2. The molecule has 3 aromatic carbocycles. The van der Waals surface area contributed by atoms with Gasteiger partial charge < -0.3 is 14.6 Å². The van der Waals surface area contributed by atoms with Gasteiger partial charge in [-0.3, -0.25) is 4.79 Å². The van der Waals surface area contributed by atoms with Gasteiger partial charge in [0.25, 0.3) is 5.91 Å². The van der Waals surface area contributed by atoms with Gasteiger partial charge in [-0.1, -0.05) is 30.3 Å². The summed E-state index contributed by atoms with van der Waals surface area (Å²) < 4.78 is 8.08. The van der Waals surface area contributed by atoms with Gasteiger partial charge in [0.15, 0.2) is 6.10 Å². The van der Waals surface area contributed by atoms with E-state index in [1.165, 1.54) is 16.4 Å². The van der Waals surface area contributed by atoms with Gasteiger partial charge in [0.1, 0.15) is 5.75 Å². The molecule has 1 heterocycles. The van der Waals surface area contributed by atoms with Crippen molar-refractivity contribution < 1.29 is 9.53 Å². The van der Waals surface area contributed by atoms with Crippen molar-refractivity contribution in [3.05, 3.63) is 72.3 Å². The van der Waals surface area contributed by atoms with Crippen molar-refractivity contribution in [2.45, 2.75) is 33.4 Å². The molecule has 0 unspecified atom stereocenters. The number of rotatable bonds is 5. The van der Waals surface area contributed by atoms with Gasteiger partial charge in [-0.25, -0.2) is 0 Å². The van der Waals surface area contributed by atoms with Crippen molar-refractivity contribution in [2.75, 3.05) is 5.32 Å². The number of para-hydroxylation sites is 1. The number of aryl methyl sites for hydroxylation is 2. The van der Waals surface area contributed by atoms with E-state index >= 15 is 0 Å². The molecular weight excluding hydrogens is 348 g/mol. The summed E-state index contributed by atoms with van der Waals surface area (Å²) in [5, 5.41) is 5.32. The normalized spacial score (nSPS) is 12.2. The summed E-state index contributed by atoms with van der Waals surface area (Å²) in [6.07, 6.45) is -0.588. The highest BCUT2D eigenvalue weighted by Gasteiger charge is 2.16. The number of nitrogens with zero attached hydrogens (tertiary/aromatic N) is 1. The number of hydrogen-bond donors (Lipinski definition) is 1. The highest BCUT2D eigenvalue weighted by molar-refractivity contribution is 6.10. The fourth-order valence-electron chi connectivity index (χ4n) is 3.66. The molecule has 0 spiro atoms. The summed E-state index contributed by atoms with van der Waals surface area (Å²) in [7, 11) is 0. The Labute approximate surface area is 164 Å². The lowest BCUT2D eigenvalue weighted by Crippen LogP contribution is -2.30. The predicted octanol–water partition coefficient (Wildman–Crippen LogP) is 5.53. The number of carbonyl (C=O) groups excluding carboxylic acids is 1. The smallest absolute Gasteiger partial charge is 0.265 e. The first-order chi connectivity index (χ1) is 13.6. The van der Waals surface area contributed by atoms with Crippen LogP contribution in [0.5, 0.6) is 5.75 Å². The Bertz CT molecular complexity index is 1160. The summed E-state index contributed by atoms with van der Waals surface area (Å²) in [6.45, 7) is 6.81. The molecule has 0 radical (unpaired) electrons. The number of benzene rings is 3. The van der Waals surface area contributed by atoms with E-state index in [-0.39, 0.29) is 5.91 Å². The second-order valence-corrected chi connectivity index (χ2v) is 7.06. The Balaban J connectivity index is 1.59. The number of carbonyl (C=O) groups is 1. The fourth-order valence-corrected chi connectivity index (χ4v) is 3.66. The van der Waals surface area contributed by atoms with Crippen LogP contribution in [0, 0.1) is 6.92 Å². The zero-order valence-electron chi connectivity index (χ0n) is 16.4. The van der Waals surface area contributed by atoms with Crippen LogP contribution in [-0.4, -0.2) is 16.6 Å². The second-order valence-electron chi connectivity index (χ2n) is 7.06. The Morgan fingerprint density at radius 1 is 1.00 bits per heavy atom. The molecule has 4 heteroatoms. The zero-order valence-corrected chi connectivity index (χ0v) is 16.4. The summed E-state index contributed by atoms with van der Waals surface area (Å²) in [5.74, 6) is 0.532. The molecule has 0 saturated heterocycles. The molecule has 4 nitrogen and oxygen atoms in total. The van der Waals surface area contributed by atoms with Gasteiger partial charge >= 0.3 is 0 Å². The molecule has 28 heavy (non-hydrogen) atoms. The number of ether oxygens (including phenoxy) is 1. The first-order valence-electron chi connectivity index (χ1n) is 9.62. The van der Waals surface area contributed by atoms with Gasteiger partial charge in [0.05, 0.1) is 0 Å².